The van der Waals surface area contributed by atoms with Crippen LogP contribution in [0.4, 0.5) is 4.39 Å². The van der Waals surface area contributed by atoms with E-state index in [1.807, 2.05) is 59.4 Å². The predicted octanol–water partition coefficient (Wildman–Crippen LogP) is 6.00. The van der Waals surface area contributed by atoms with Gasteiger partial charge in [-0.15, -0.1) is 0 Å². The Morgan fingerprint density at radius 1 is 1.00 bits per heavy atom. The lowest BCUT2D eigenvalue weighted by molar-refractivity contribution is 0.0955. The highest BCUT2D eigenvalue weighted by molar-refractivity contribution is 6.31. The summed E-state index contributed by atoms with van der Waals surface area (Å²) in [6, 6.07) is 22.8. The van der Waals surface area contributed by atoms with Gasteiger partial charge in [-0.3, -0.25) is 4.79 Å². The number of hydrazone groups is 1. The summed E-state index contributed by atoms with van der Waals surface area (Å²) < 4.78 is 21.4. The number of carbonyl (C=O) groups excluding carboxylic acids is 1. The highest BCUT2D eigenvalue weighted by Crippen LogP contribution is 2.22. The van der Waals surface area contributed by atoms with Crippen LogP contribution in [0.2, 0.25) is 5.02 Å². The Balaban J connectivity index is 1.41. The molecular weight excluding hydrogens is 441 g/mol. The second-order valence-corrected chi connectivity index (χ2v) is 7.67. The quantitative estimate of drug-likeness (QED) is 0.271. The Morgan fingerprint density at radius 2 is 1.73 bits per heavy atom. The van der Waals surface area contributed by atoms with E-state index in [9.17, 15) is 9.18 Å². The van der Waals surface area contributed by atoms with Crippen molar-refractivity contribution in [3.05, 3.63) is 119 Å². The molecule has 4 rings (SSSR count). The maximum Gasteiger partial charge on any atom is 0.273 e. The van der Waals surface area contributed by atoms with Gasteiger partial charge in [0.2, 0.25) is 0 Å². The third-order valence-corrected chi connectivity index (χ3v) is 5.43. The maximum atomic E-state index is 13.9. The Bertz CT molecular complexity index is 1270. The molecule has 0 bridgehead atoms. The summed E-state index contributed by atoms with van der Waals surface area (Å²) in [7, 11) is 0. The summed E-state index contributed by atoms with van der Waals surface area (Å²) in [5.41, 5.74) is 5.65. The van der Waals surface area contributed by atoms with Crippen LogP contribution in [0.15, 0.2) is 96.4 Å². The average Bonchev–Trinajstić information content (AvgIpc) is 3.37. The first-order valence-electron chi connectivity index (χ1n) is 10.3. The van der Waals surface area contributed by atoms with Gasteiger partial charge in [-0.1, -0.05) is 29.8 Å². The summed E-state index contributed by atoms with van der Waals surface area (Å²) >= 11 is 6.03. The first-order chi connectivity index (χ1) is 16.0. The summed E-state index contributed by atoms with van der Waals surface area (Å²) in [4.78, 5) is 12.7. The number of para-hydroxylation sites is 1. The van der Waals surface area contributed by atoms with Crippen LogP contribution in [-0.4, -0.2) is 16.2 Å². The lowest BCUT2D eigenvalue weighted by Crippen LogP contribution is -2.21. The van der Waals surface area contributed by atoms with Crippen molar-refractivity contribution in [1.29, 1.82) is 0 Å². The van der Waals surface area contributed by atoms with Gasteiger partial charge >= 0.3 is 0 Å². The van der Waals surface area contributed by atoms with E-state index in [1.54, 1.807) is 37.3 Å². The van der Waals surface area contributed by atoms with Crippen LogP contribution < -0.4 is 10.2 Å². The van der Waals surface area contributed by atoms with Gasteiger partial charge in [-0.2, -0.15) is 5.10 Å². The Kier molecular flexibility index (Phi) is 6.86. The predicted molar refractivity (Wildman–Crippen MR) is 128 cm³/mol. The van der Waals surface area contributed by atoms with Crippen LogP contribution in [0, 0.1) is 5.82 Å². The van der Waals surface area contributed by atoms with Crippen molar-refractivity contribution >= 4 is 23.2 Å². The molecule has 1 aromatic heterocycles. The molecule has 1 heterocycles. The molecule has 166 valence electrons. The Hall–Kier alpha value is -3.90. The van der Waals surface area contributed by atoms with Crippen LogP contribution in [0.25, 0.3) is 5.69 Å². The first-order valence-corrected chi connectivity index (χ1v) is 10.6. The molecule has 7 heteroatoms. The minimum atomic E-state index is -0.406. The Morgan fingerprint density at radius 3 is 2.45 bits per heavy atom. The largest absolute Gasteiger partial charge is 0.489 e. The molecule has 33 heavy (non-hydrogen) atoms. The zero-order valence-corrected chi connectivity index (χ0v) is 18.6. The monoisotopic (exact) mass is 461 g/mol. The van der Waals surface area contributed by atoms with Crippen LogP contribution in [0.3, 0.4) is 0 Å². The van der Waals surface area contributed by atoms with Crippen molar-refractivity contribution in [3.63, 3.8) is 0 Å². The van der Waals surface area contributed by atoms with E-state index in [1.165, 1.54) is 6.07 Å². The number of nitrogens with zero attached hydrogens (tertiary/aromatic N) is 2. The number of nitrogens with one attached hydrogen (secondary N) is 1. The first kappa shape index (κ1) is 22.3. The summed E-state index contributed by atoms with van der Waals surface area (Å²) in [5.74, 6) is -0.146. The molecule has 5 nitrogen and oxygen atoms in total. The fraction of sp³-hybridized carbons (Fsp3) is 0.0769. The van der Waals surface area contributed by atoms with Gasteiger partial charge in [0, 0.05) is 18.0 Å². The molecule has 3 aromatic carbocycles. The molecule has 1 N–H and O–H groups in total. The number of hydrogen-bond donors (Lipinski definition) is 1. The summed E-state index contributed by atoms with van der Waals surface area (Å²) in [6.07, 6.45) is 3.76. The second-order valence-electron chi connectivity index (χ2n) is 7.26. The standard InChI is InChI=1S/C26H21ClFN3O2/c1-18(29-30-26(32)21-7-2-3-10-25(21)31-15-4-5-16-31)19-11-13-20(14-12-19)33-17-22-23(27)8-6-9-24(22)28/h2-16H,17H2,1H3,(H,30,32)/b29-18+. The van der Waals surface area contributed by atoms with Crippen LogP contribution in [0.5, 0.6) is 5.75 Å². The molecule has 1 amide bonds. The van der Waals surface area contributed by atoms with E-state index >= 15 is 0 Å². The van der Waals surface area contributed by atoms with E-state index in [-0.39, 0.29) is 12.5 Å². The van der Waals surface area contributed by atoms with Crippen molar-refractivity contribution in [2.45, 2.75) is 13.5 Å². The van der Waals surface area contributed by atoms with Gasteiger partial charge in [0.05, 0.1) is 22.0 Å². The van der Waals surface area contributed by atoms with Crippen LogP contribution >= 0.6 is 11.6 Å². The smallest absolute Gasteiger partial charge is 0.273 e. The summed E-state index contributed by atoms with van der Waals surface area (Å²) in [5, 5.41) is 4.56. The number of carbonyl (C=O) groups is 1. The topological polar surface area (TPSA) is 55.6 Å². The zero-order valence-electron chi connectivity index (χ0n) is 17.8. The van der Waals surface area contributed by atoms with E-state index in [2.05, 4.69) is 10.5 Å². The molecule has 0 unspecified atom stereocenters. The molecule has 4 aromatic rings. The van der Waals surface area contributed by atoms with Crippen LogP contribution in [-0.2, 0) is 6.61 Å². The molecule has 0 saturated carbocycles. The number of rotatable bonds is 7. The minimum Gasteiger partial charge on any atom is -0.489 e. The van der Waals surface area contributed by atoms with E-state index < -0.39 is 5.82 Å². The average molecular weight is 462 g/mol. The molecule has 0 spiro atoms. The van der Waals surface area contributed by atoms with Gasteiger partial charge in [-0.05, 0) is 73.2 Å². The van der Waals surface area contributed by atoms with Crippen molar-refractivity contribution in [3.8, 4) is 11.4 Å². The van der Waals surface area contributed by atoms with Gasteiger partial charge in [0.25, 0.3) is 5.91 Å². The molecule has 0 aliphatic carbocycles. The number of aromatic nitrogens is 1. The number of hydrogen-bond acceptors (Lipinski definition) is 3. The van der Waals surface area contributed by atoms with Gasteiger partial charge in [-0.25, -0.2) is 9.82 Å². The molecular formula is C26H21ClFN3O2. The number of benzene rings is 3. The van der Waals surface area contributed by atoms with Crippen molar-refractivity contribution < 1.29 is 13.9 Å². The second kappa shape index (κ2) is 10.1. The van der Waals surface area contributed by atoms with E-state index in [0.29, 0.717) is 27.6 Å². The number of amides is 1. The molecule has 0 aliphatic heterocycles. The third kappa shape index (κ3) is 5.30. The van der Waals surface area contributed by atoms with E-state index in [4.69, 9.17) is 16.3 Å². The molecule has 0 fully saturated rings. The van der Waals surface area contributed by atoms with E-state index in [0.717, 1.165) is 11.3 Å². The molecule has 0 radical (unpaired) electrons. The SMILES string of the molecule is C/C(=N\NC(=O)c1ccccc1-n1cccc1)c1ccc(OCc2c(F)cccc2Cl)cc1. The normalized spacial score (nSPS) is 11.3. The van der Waals surface area contributed by atoms with Crippen LogP contribution in [0.1, 0.15) is 28.4 Å². The fourth-order valence-corrected chi connectivity index (χ4v) is 3.48. The fourth-order valence-electron chi connectivity index (χ4n) is 3.26. The number of halogens is 2. The van der Waals surface area contributed by atoms with Gasteiger partial charge < -0.3 is 9.30 Å². The number of ether oxygens (including phenoxy) is 1. The highest BCUT2D eigenvalue weighted by Gasteiger charge is 2.12. The Labute approximate surface area is 196 Å². The highest BCUT2D eigenvalue weighted by atomic mass is 35.5. The zero-order chi connectivity index (χ0) is 23.2. The van der Waals surface area contributed by atoms with Gasteiger partial charge in [0.1, 0.15) is 18.2 Å². The molecule has 0 saturated heterocycles. The van der Waals surface area contributed by atoms with Gasteiger partial charge in [0.15, 0.2) is 0 Å². The van der Waals surface area contributed by atoms with Crippen molar-refractivity contribution in [2.75, 3.05) is 0 Å². The lowest BCUT2D eigenvalue weighted by atomic mass is 10.1. The summed E-state index contributed by atoms with van der Waals surface area (Å²) in [6.45, 7) is 1.82. The van der Waals surface area contributed by atoms with Crippen molar-refractivity contribution in [1.82, 2.24) is 9.99 Å². The third-order valence-electron chi connectivity index (χ3n) is 5.07. The molecule has 0 atom stereocenters. The molecule has 0 aliphatic rings. The minimum absolute atomic E-state index is 0.0226. The van der Waals surface area contributed by atoms with Crippen molar-refractivity contribution in [2.24, 2.45) is 5.10 Å². The maximum absolute atomic E-state index is 13.9. The lowest BCUT2D eigenvalue weighted by Gasteiger charge is -2.10.